The Hall–Kier alpha value is -2.88. The summed E-state index contributed by atoms with van der Waals surface area (Å²) >= 11 is 0. The molecular formula is C17H16N4. The molecule has 3 aromatic rings. The van der Waals surface area contributed by atoms with Crippen molar-refractivity contribution in [3.05, 3.63) is 67.3 Å². The molecule has 3 rings (SSSR count). The fourth-order valence-corrected chi connectivity index (χ4v) is 2.09. The Morgan fingerprint density at radius 1 is 0.952 bits per heavy atom. The van der Waals surface area contributed by atoms with E-state index in [1.54, 1.807) is 6.08 Å². The van der Waals surface area contributed by atoms with Crippen molar-refractivity contribution in [1.29, 1.82) is 0 Å². The fraction of sp³-hybridized carbons (Fsp3) is 0.0588. The summed E-state index contributed by atoms with van der Waals surface area (Å²) in [5.41, 5.74) is 1.86. The van der Waals surface area contributed by atoms with Gasteiger partial charge in [-0.2, -0.15) is 4.98 Å². The van der Waals surface area contributed by atoms with Gasteiger partial charge in [-0.15, -0.1) is 6.58 Å². The molecule has 2 N–H and O–H groups in total. The lowest BCUT2D eigenvalue weighted by atomic mass is 10.2. The summed E-state index contributed by atoms with van der Waals surface area (Å²) in [7, 11) is 0. The van der Waals surface area contributed by atoms with E-state index < -0.39 is 0 Å². The summed E-state index contributed by atoms with van der Waals surface area (Å²) in [5.74, 6) is 1.38. The number of hydrogen-bond donors (Lipinski definition) is 2. The smallest absolute Gasteiger partial charge is 0.229 e. The standard InChI is InChI=1S/C17H16N4/c1-2-12-18-16-14-10-6-7-11-15(14)20-17(21-16)19-13-8-4-3-5-9-13/h2-11H,1,12H2,(H2,18,19,20,21). The second-order valence-electron chi connectivity index (χ2n) is 4.57. The quantitative estimate of drug-likeness (QED) is 0.692. The van der Waals surface area contributed by atoms with Crippen LogP contribution >= 0.6 is 0 Å². The summed E-state index contributed by atoms with van der Waals surface area (Å²) in [6, 6.07) is 17.8. The highest BCUT2D eigenvalue weighted by Gasteiger charge is 2.06. The third-order valence-corrected chi connectivity index (χ3v) is 3.05. The summed E-state index contributed by atoms with van der Waals surface area (Å²) in [4.78, 5) is 9.10. The van der Waals surface area contributed by atoms with Gasteiger partial charge in [-0.3, -0.25) is 0 Å². The van der Waals surface area contributed by atoms with E-state index in [1.165, 1.54) is 0 Å². The molecule has 104 valence electrons. The molecule has 0 saturated carbocycles. The van der Waals surface area contributed by atoms with Crippen LogP contribution in [0.2, 0.25) is 0 Å². The minimum atomic E-state index is 0.575. The Kier molecular flexibility index (Phi) is 3.78. The van der Waals surface area contributed by atoms with Crippen molar-refractivity contribution in [2.45, 2.75) is 0 Å². The van der Waals surface area contributed by atoms with E-state index >= 15 is 0 Å². The van der Waals surface area contributed by atoms with Crippen LogP contribution in [-0.2, 0) is 0 Å². The number of nitrogens with one attached hydrogen (secondary N) is 2. The normalized spacial score (nSPS) is 10.3. The van der Waals surface area contributed by atoms with Crippen LogP contribution in [0.3, 0.4) is 0 Å². The number of hydrogen-bond acceptors (Lipinski definition) is 4. The van der Waals surface area contributed by atoms with Gasteiger partial charge in [0.2, 0.25) is 5.95 Å². The van der Waals surface area contributed by atoms with Gasteiger partial charge in [0.05, 0.1) is 5.52 Å². The van der Waals surface area contributed by atoms with Crippen molar-refractivity contribution < 1.29 is 0 Å². The molecule has 0 aliphatic rings. The van der Waals surface area contributed by atoms with Crippen molar-refractivity contribution in [3.8, 4) is 0 Å². The van der Waals surface area contributed by atoms with E-state index in [1.807, 2.05) is 54.6 Å². The van der Waals surface area contributed by atoms with Crippen LogP contribution < -0.4 is 10.6 Å². The maximum absolute atomic E-state index is 4.55. The van der Waals surface area contributed by atoms with Crippen LogP contribution in [0, 0.1) is 0 Å². The highest BCUT2D eigenvalue weighted by molar-refractivity contribution is 5.90. The average Bonchev–Trinajstić information content (AvgIpc) is 2.53. The number of para-hydroxylation sites is 2. The zero-order chi connectivity index (χ0) is 14.5. The molecule has 0 amide bonds. The Morgan fingerprint density at radius 3 is 2.52 bits per heavy atom. The van der Waals surface area contributed by atoms with Crippen molar-refractivity contribution in [2.75, 3.05) is 17.2 Å². The lowest BCUT2D eigenvalue weighted by Gasteiger charge is -2.10. The average molecular weight is 276 g/mol. The number of nitrogens with zero attached hydrogens (tertiary/aromatic N) is 2. The Bertz CT molecular complexity index is 753. The Morgan fingerprint density at radius 2 is 1.71 bits per heavy atom. The van der Waals surface area contributed by atoms with Crippen LogP contribution in [0.4, 0.5) is 17.5 Å². The molecular weight excluding hydrogens is 260 g/mol. The fourth-order valence-electron chi connectivity index (χ4n) is 2.09. The number of anilines is 3. The SMILES string of the molecule is C=CCNc1nc(Nc2ccccc2)nc2ccccc12. The maximum Gasteiger partial charge on any atom is 0.229 e. The molecule has 1 aromatic heterocycles. The first-order valence-electron chi connectivity index (χ1n) is 6.80. The van der Waals surface area contributed by atoms with E-state index in [0.29, 0.717) is 12.5 Å². The molecule has 2 aromatic carbocycles. The largest absolute Gasteiger partial charge is 0.366 e. The predicted octanol–water partition coefficient (Wildman–Crippen LogP) is 3.97. The van der Waals surface area contributed by atoms with E-state index in [2.05, 4.69) is 27.2 Å². The number of rotatable bonds is 5. The molecule has 0 radical (unpaired) electrons. The lowest BCUT2D eigenvalue weighted by molar-refractivity contribution is 1.18. The summed E-state index contributed by atoms with van der Waals surface area (Å²) < 4.78 is 0. The van der Waals surface area contributed by atoms with E-state index in [0.717, 1.165) is 22.4 Å². The van der Waals surface area contributed by atoms with Crippen LogP contribution in [0.5, 0.6) is 0 Å². The van der Waals surface area contributed by atoms with Crippen molar-refractivity contribution in [3.63, 3.8) is 0 Å². The summed E-state index contributed by atoms with van der Waals surface area (Å²) in [6.45, 7) is 4.38. The van der Waals surface area contributed by atoms with E-state index in [4.69, 9.17) is 0 Å². The first-order chi connectivity index (χ1) is 10.4. The zero-order valence-corrected chi connectivity index (χ0v) is 11.6. The zero-order valence-electron chi connectivity index (χ0n) is 11.6. The minimum absolute atomic E-state index is 0.575. The van der Waals surface area contributed by atoms with Crippen molar-refractivity contribution in [1.82, 2.24) is 9.97 Å². The maximum atomic E-state index is 4.55. The first-order valence-corrected chi connectivity index (χ1v) is 6.80. The molecule has 4 heteroatoms. The molecule has 0 saturated heterocycles. The van der Waals surface area contributed by atoms with Crippen molar-refractivity contribution >= 4 is 28.4 Å². The molecule has 1 heterocycles. The van der Waals surface area contributed by atoms with Gasteiger partial charge in [-0.05, 0) is 24.3 Å². The van der Waals surface area contributed by atoms with Gasteiger partial charge in [0, 0.05) is 17.6 Å². The minimum Gasteiger partial charge on any atom is -0.366 e. The molecule has 0 bridgehead atoms. The second-order valence-corrected chi connectivity index (χ2v) is 4.57. The van der Waals surface area contributed by atoms with Crippen LogP contribution in [0.15, 0.2) is 67.3 Å². The number of benzene rings is 2. The molecule has 0 spiro atoms. The predicted molar refractivity (Wildman–Crippen MR) is 87.9 cm³/mol. The molecule has 0 fully saturated rings. The molecule has 0 aliphatic heterocycles. The van der Waals surface area contributed by atoms with Crippen LogP contribution in [0.1, 0.15) is 0 Å². The Balaban J connectivity index is 2.01. The van der Waals surface area contributed by atoms with Gasteiger partial charge in [-0.1, -0.05) is 36.4 Å². The monoisotopic (exact) mass is 276 g/mol. The van der Waals surface area contributed by atoms with Gasteiger partial charge >= 0.3 is 0 Å². The third kappa shape index (κ3) is 3.00. The molecule has 0 aliphatic carbocycles. The highest BCUT2D eigenvalue weighted by Crippen LogP contribution is 2.23. The van der Waals surface area contributed by atoms with E-state index in [9.17, 15) is 0 Å². The summed E-state index contributed by atoms with van der Waals surface area (Å²) in [5, 5.41) is 7.48. The number of fused-ring (bicyclic) bond motifs is 1. The third-order valence-electron chi connectivity index (χ3n) is 3.05. The van der Waals surface area contributed by atoms with Crippen molar-refractivity contribution in [2.24, 2.45) is 0 Å². The molecule has 0 unspecified atom stereocenters. The summed E-state index contributed by atoms with van der Waals surface area (Å²) in [6.07, 6.45) is 1.81. The first kappa shape index (κ1) is 13.1. The van der Waals surface area contributed by atoms with Gasteiger partial charge in [0.1, 0.15) is 5.82 Å². The topological polar surface area (TPSA) is 49.8 Å². The second kappa shape index (κ2) is 6.05. The molecule has 4 nitrogen and oxygen atoms in total. The van der Waals surface area contributed by atoms with Gasteiger partial charge in [-0.25, -0.2) is 4.98 Å². The Labute approximate surface area is 123 Å². The van der Waals surface area contributed by atoms with Gasteiger partial charge in [0.15, 0.2) is 0 Å². The molecule has 0 atom stereocenters. The van der Waals surface area contributed by atoms with E-state index in [-0.39, 0.29) is 0 Å². The highest BCUT2D eigenvalue weighted by atomic mass is 15.1. The van der Waals surface area contributed by atoms with Crippen LogP contribution in [0.25, 0.3) is 10.9 Å². The van der Waals surface area contributed by atoms with Gasteiger partial charge in [0.25, 0.3) is 0 Å². The molecule has 21 heavy (non-hydrogen) atoms. The number of aromatic nitrogens is 2. The lowest BCUT2D eigenvalue weighted by Crippen LogP contribution is -2.05. The van der Waals surface area contributed by atoms with Crippen LogP contribution in [-0.4, -0.2) is 16.5 Å². The van der Waals surface area contributed by atoms with Gasteiger partial charge < -0.3 is 10.6 Å².